The van der Waals surface area contributed by atoms with Crippen molar-refractivity contribution in [3.05, 3.63) is 58.1 Å². The van der Waals surface area contributed by atoms with Gasteiger partial charge in [-0.3, -0.25) is 0 Å². The SMILES string of the molecule is COCc1cc(CC(C)C)cc2c1Cc1ccc(CC(C)C)cc1-2. The summed E-state index contributed by atoms with van der Waals surface area (Å²) in [5, 5.41) is 0. The summed E-state index contributed by atoms with van der Waals surface area (Å²) >= 11 is 0. The van der Waals surface area contributed by atoms with Crippen LogP contribution in [0.15, 0.2) is 30.3 Å². The lowest BCUT2D eigenvalue weighted by Gasteiger charge is -2.13. The van der Waals surface area contributed by atoms with E-state index in [0.717, 1.165) is 19.3 Å². The van der Waals surface area contributed by atoms with Crippen LogP contribution in [0.1, 0.15) is 55.5 Å². The minimum absolute atomic E-state index is 0.673. The average Bonchev–Trinajstić information content (AvgIpc) is 2.85. The summed E-state index contributed by atoms with van der Waals surface area (Å²) in [6.07, 6.45) is 3.33. The Morgan fingerprint density at radius 3 is 2.21 bits per heavy atom. The lowest BCUT2D eigenvalue weighted by atomic mass is 9.93. The van der Waals surface area contributed by atoms with Gasteiger partial charge in [0.2, 0.25) is 0 Å². The van der Waals surface area contributed by atoms with Crippen LogP contribution in [0, 0.1) is 11.8 Å². The van der Waals surface area contributed by atoms with E-state index < -0.39 is 0 Å². The summed E-state index contributed by atoms with van der Waals surface area (Å²) in [4.78, 5) is 0. The molecule has 1 nitrogen and oxygen atoms in total. The molecule has 3 rings (SSSR count). The van der Waals surface area contributed by atoms with Crippen molar-refractivity contribution in [3.8, 4) is 11.1 Å². The zero-order valence-electron chi connectivity index (χ0n) is 15.8. The van der Waals surface area contributed by atoms with Crippen LogP contribution < -0.4 is 0 Å². The molecule has 0 heterocycles. The molecule has 128 valence electrons. The van der Waals surface area contributed by atoms with Crippen molar-refractivity contribution in [2.75, 3.05) is 7.11 Å². The molecule has 0 saturated carbocycles. The predicted molar refractivity (Wildman–Crippen MR) is 102 cm³/mol. The summed E-state index contributed by atoms with van der Waals surface area (Å²) in [6, 6.07) is 11.9. The Bertz CT molecular complexity index is 725. The molecule has 0 aliphatic heterocycles. The summed E-state index contributed by atoms with van der Waals surface area (Å²) in [6.45, 7) is 9.87. The zero-order valence-corrected chi connectivity index (χ0v) is 15.8. The number of benzene rings is 2. The molecule has 0 saturated heterocycles. The first-order valence-electron chi connectivity index (χ1n) is 9.23. The van der Waals surface area contributed by atoms with Gasteiger partial charge in [-0.15, -0.1) is 0 Å². The lowest BCUT2D eigenvalue weighted by molar-refractivity contribution is 0.184. The van der Waals surface area contributed by atoms with E-state index in [0.29, 0.717) is 18.4 Å². The second kappa shape index (κ2) is 7.11. The van der Waals surface area contributed by atoms with E-state index in [9.17, 15) is 0 Å². The maximum absolute atomic E-state index is 5.49. The normalized spacial score (nSPS) is 12.8. The first-order valence-corrected chi connectivity index (χ1v) is 9.23. The highest BCUT2D eigenvalue weighted by Crippen LogP contribution is 2.40. The quantitative estimate of drug-likeness (QED) is 0.557. The minimum Gasteiger partial charge on any atom is -0.380 e. The number of ether oxygens (including phenoxy) is 1. The third kappa shape index (κ3) is 3.57. The molecule has 2 aromatic rings. The van der Waals surface area contributed by atoms with Gasteiger partial charge in [-0.05, 0) is 70.0 Å². The van der Waals surface area contributed by atoms with Crippen molar-refractivity contribution in [1.29, 1.82) is 0 Å². The number of hydrogen-bond donors (Lipinski definition) is 0. The minimum atomic E-state index is 0.673. The molecule has 0 spiro atoms. The van der Waals surface area contributed by atoms with E-state index in [2.05, 4.69) is 58.0 Å². The predicted octanol–water partition coefficient (Wildman–Crippen LogP) is 5.80. The molecule has 0 bridgehead atoms. The van der Waals surface area contributed by atoms with E-state index in [4.69, 9.17) is 4.74 Å². The second-order valence-corrected chi connectivity index (χ2v) is 8.08. The lowest BCUT2D eigenvalue weighted by Crippen LogP contribution is -2.00. The Morgan fingerprint density at radius 2 is 1.54 bits per heavy atom. The van der Waals surface area contributed by atoms with Crippen LogP contribution >= 0.6 is 0 Å². The summed E-state index contributed by atoms with van der Waals surface area (Å²) in [5.74, 6) is 1.37. The molecule has 1 aliphatic rings. The molecule has 0 unspecified atom stereocenters. The van der Waals surface area contributed by atoms with Crippen LogP contribution in [-0.2, 0) is 30.6 Å². The molecule has 0 fully saturated rings. The highest BCUT2D eigenvalue weighted by atomic mass is 16.5. The second-order valence-electron chi connectivity index (χ2n) is 8.08. The van der Waals surface area contributed by atoms with Crippen LogP contribution in [0.3, 0.4) is 0 Å². The van der Waals surface area contributed by atoms with Gasteiger partial charge in [0.25, 0.3) is 0 Å². The third-order valence-corrected chi connectivity index (χ3v) is 4.82. The molecular formula is C23H30O. The van der Waals surface area contributed by atoms with Gasteiger partial charge in [-0.25, -0.2) is 0 Å². The molecule has 0 radical (unpaired) electrons. The van der Waals surface area contributed by atoms with Crippen molar-refractivity contribution in [2.45, 2.75) is 53.6 Å². The van der Waals surface area contributed by atoms with Gasteiger partial charge < -0.3 is 4.74 Å². The van der Waals surface area contributed by atoms with Gasteiger partial charge in [0.1, 0.15) is 0 Å². The monoisotopic (exact) mass is 322 g/mol. The fourth-order valence-corrected chi connectivity index (χ4v) is 3.94. The fraction of sp³-hybridized carbons (Fsp3) is 0.478. The highest BCUT2D eigenvalue weighted by molar-refractivity contribution is 5.79. The van der Waals surface area contributed by atoms with Gasteiger partial charge in [0, 0.05) is 7.11 Å². The standard InChI is InChI=1S/C23H30O/c1-15(2)8-17-6-7-19-13-22-20(14-24-5)10-18(9-16(3)4)12-23(22)21(19)11-17/h6-7,10-12,15-16H,8-9,13-14H2,1-5H3. The Balaban J connectivity index is 2.06. The van der Waals surface area contributed by atoms with Crippen molar-refractivity contribution in [2.24, 2.45) is 11.8 Å². The van der Waals surface area contributed by atoms with Crippen molar-refractivity contribution in [3.63, 3.8) is 0 Å². The van der Waals surface area contributed by atoms with Gasteiger partial charge in [-0.2, -0.15) is 0 Å². The molecule has 1 aliphatic carbocycles. The maximum atomic E-state index is 5.49. The molecule has 0 atom stereocenters. The summed E-state index contributed by atoms with van der Waals surface area (Å²) in [5.41, 5.74) is 10.1. The van der Waals surface area contributed by atoms with Gasteiger partial charge in [0.05, 0.1) is 6.61 Å². The Hall–Kier alpha value is -1.60. The fourth-order valence-electron chi connectivity index (χ4n) is 3.94. The number of hydrogen-bond acceptors (Lipinski definition) is 1. The molecule has 2 aromatic carbocycles. The van der Waals surface area contributed by atoms with Crippen LogP contribution in [-0.4, -0.2) is 7.11 Å². The third-order valence-electron chi connectivity index (χ3n) is 4.82. The molecule has 0 N–H and O–H groups in total. The van der Waals surface area contributed by atoms with E-state index >= 15 is 0 Å². The van der Waals surface area contributed by atoms with Gasteiger partial charge >= 0.3 is 0 Å². The van der Waals surface area contributed by atoms with Crippen LogP contribution in [0.4, 0.5) is 0 Å². The largest absolute Gasteiger partial charge is 0.380 e. The Labute approximate surface area is 147 Å². The molecule has 0 amide bonds. The number of rotatable bonds is 6. The van der Waals surface area contributed by atoms with Crippen LogP contribution in [0.25, 0.3) is 11.1 Å². The van der Waals surface area contributed by atoms with E-state index in [1.54, 1.807) is 7.11 Å². The highest BCUT2D eigenvalue weighted by Gasteiger charge is 2.22. The van der Waals surface area contributed by atoms with Crippen LogP contribution in [0.5, 0.6) is 0 Å². The topological polar surface area (TPSA) is 9.23 Å². The van der Waals surface area contributed by atoms with Crippen LogP contribution in [0.2, 0.25) is 0 Å². The summed E-state index contributed by atoms with van der Waals surface area (Å²) < 4.78 is 5.49. The molecule has 0 aromatic heterocycles. The van der Waals surface area contributed by atoms with Crippen molar-refractivity contribution >= 4 is 0 Å². The van der Waals surface area contributed by atoms with E-state index in [1.165, 1.54) is 38.9 Å². The van der Waals surface area contributed by atoms with Gasteiger partial charge in [-0.1, -0.05) is 58.0 Å². The molecule has 24 heavy (non-hydrogen) atoms. The smallest absolute Gasteiger partial charge is 0.0716 e. The average molecular weight is 322 g/mol. The number of fused-ring (bicyclic) bond motifs is 3. The van der Waals surface area contributed by atoms with Crippen molar-refractivity contribution < 1.29 is 4.74 Å². The summed E-state index contributed by atoms with van der Waals surface area (Å²) in [7, 11) is 1.80. The Kier molecular flexibility index (Phi) is 5.10. The Morgan fingerprint density at radius 1 is 0.875 bits per heavy atom. The molecule has 1 heteroatoms. The molecular weight excluding hydrogens is 292 g/mol. The first kappa shape index (κ1) is 17.2. The zero-order chi connectivity index (χ0) is 17.3. The first-order chi connectivity index (χ1) is 11.5. The van der Waals surface area contributed by atoms with Crippen molar-refractivity contribution in [1.82, 2.24) is 0 Å². The van der Waals surface area contributed by atoms with E-state index in [1.807, 2.05) is 0 Å². The van der Waals surface area contributed by atoms with Gasteiger partial charge in [0.15, 0.2) is 0 Å². The number of methoxy groups -OCH3 is 1. The maximum Gasteiger partial charge on any atom is 0.0716 e. The van der Waals surface area contributed by atoms with E-state index in [-0.39, 0.29) is 0 Å².